The summed E-state index contributed by atoms with van der Waals surface area (Å²) in [5, 5.41) is 5.97. The minimum absolute atomic E-state index is 0.126. The molecule has 378 valence electrons. The summed E-state index contributed by atoms with van der Waals surface area (Å²) in [7, 11) is 0. The SMILES string of the molecule is O=C(CN1CCOCC1)Nc1cccc(CN(Cc2cc(CN(Cc3cccc(NC(=O)CN4CCOCC4)n3)c3ccccn3)cc(OCCCCN3C(=O)c4ccccc4C3=O)c2)Cc2ccccn2)n1. The van der Waals surface area contributed by atoms with Crippen molar-refractivity contribution in [1.29, 1.82) is 0 Å². The maximum atomic E-state index is 13.1. The topological polar surface area (TPSA) is 188 Å². The lowest BCUT2D eigenvalue weighted by Gasteiger charge is -2.26. The van der Waals surface area contributed by atoms with Gasteiger partial charge in [0, 0.05) is 71.3 Å². The fourth-order valence-electron chi connectivity index (χ4n) is 9.11. The average Bonchev–Trinajstić information content (AvgIpc) is 3.64. The highest BCUT2D eigenvalue weighted by molar-refractivity contribution is 6.21. The van der Waals surface area contributed by atoms with Gasteiger partial charge in [0.15, 0.2) is 0 Å². The number of rotatable bonds is 23. The number of fused-ring (bicyclic) bond motifs is 1. The molecule has 4 aromatic heterocycles. The van der Waals surface area contributed by atoms with E-state index in [1.54, 1.807) is 48.8 Å². The Morgan fingerprint density at radius 1 is 0.575 bits per heavy atom. The molecule has 4 amide bonds. The molecule has 18 heteroatoms. The molecule has 2 aromatic carbocycles. The van der Waals surface area contributed by atoms with Gasteiger partial charge in [-0.25, -0.2) is 15.0 Å². The van der Waals surface area contributed by atoms with Gasteiger partial charge in [-0.2, -0.15) is 0 Å². The number of morpholine rings is 2. The van der Waals surface area contributed by atoms with E-state index in [0.717, 1.165) is 34.0 Å². The highest BCUT2D eigenvalue weighted by Crippen LogP contribution is 2.26. The van der Waals surface area contributed by atoms with Crippen LogP contribution in [0.1, 0.15) is 61.8 Å². The van der Waals surface area contributed by atoms with E-state index in [1.165, 1.54) is 4.90 Å². The maximum absolute atomic E-state index is 13.1. The number of hydrogen-bond donors (Lipinski definition) is 2. The van der Waals surface area contributed by atoms with Crippen LogP contribution >= 0.6 is 0 Å². The number of pyridine rings is 4. The molecular formula is C55H61N11O7. The Morgan fingerprint density at radius 2 is 1.12 bits per heavy atom. The van der Waals surface area contributed by atoms with Crippen LogP contribution in [0.4, 0.5) is 17.5 Å². The third kappa shape index (κ3) is 14.6. The standard InChI is InChI=1S/C55H61N11O7/c67-52(39-62-22-27-71-28-23-62)60-49-16-9-12-44(58-49)37-64(36-43-11-3-5-19-56-43)34-41-31-42(33-46(32-41)73-26-8-7-21-66-54(69)47-14-1-2-15-48(47)55(66)70)35-65(51-18-4-6-20-57-51)38-45-13-10-17-50(59-45)61-53(68)40-63-24-29-72-30-25-63/h1-6,9-20,31-33H,7-8,21-30,34-40H2,(H,58,60,67)(H,59,61,68). The number of nitrogens with zero attached hydrogens (tertiary/aromatic N) is 9. The van der Waals surface area contributed by atoms with Gasteiger partial charge in [0.1, 0.15) is 23.2 Å². The van der Waals surface area contributed by atoms with E-state index in [2.05, 4.69) is 41.3 Å². The first kappa shape index (κ1) is 50.5. The molecule has 18 nitrogen and oxygen atoms in total. The molecule has 3 aliphatic rings. The van der Waals surface area contributed by atoms with Crippen LogP contribution < -0.4 is 20.3 Å². The highest BCUT2D eigenvalue weighted by Gasteiger charge is 2.34. The quantitative estimate of drug-likeness (QED) is 0.0590. The Labute approximate surface area is 425 Å². The largest absolute Gasteiger partial charge is 0.494 e. The fourth-order valence-corrected chi connectivity index (χ4v) is 9.11. The zero-order valence-corrected chi connectivity index (χ0v) is 40.9. The lowest BCUT2D eigenvalue weighted by molar-refractivity contribution is -0.119. The van der Waals surface area contributed by atoms with Crippen molar-refractivity contribution in [2.45, 2.75) is 45.6 Å². The summed E-state index contributed by atoms with van der Waals surface area (Å²) in [6, 6.07) is 36.1. The first-order valence-corrected chi connectivity index (χ1v) is 24.9. The molecule has 0 spiro atoms. The number of carbonyl (C=O) groups is 4. The van der Waals surface area contributed by atoms with Crippen molar-refractivity contribution in [1.82, 2.24) is 39.5 Å². The summed E-state index contributed by atoms with van der Waals surface area (Å²) in [6.45, 7) is 8.72. The summed E-state index contributed by atoms with van der Waals surface area (Å²) in [4.78, 5) is 81.2. The normalized spacial score (nSPS) is 15.1. The molecule has 6 aromatic rings. The van der Waals surface area contributed by atoms with Gasteiger partial charge in [0.2, 0.25) is 11.8 Å². The van der Waals surface area contributed by atoms with Gasteiger partial charge >= 0.3 is 0 Å². The molecule has 0 saturated carbocycles. The Morgan fingerprint density at radius 3 is 1.71 bits per heavy atom. The van der Waals surface area contributed by atoms with Crippen molar-refractivity contribution in [3.05, 3.63) is 167 Å². The lowest BCUT2D eigenvalue weighted by Crippen LogP contribution is -2.41. The molecule has 0 unspecified atom stereocenters. The van der Waals surface area contributed by atoms with Gasteiger partial charge in [-0.1, -0.05) is 42.5 Å². The Bertz CT molecular complexity index is 2780. The smallest absolute Gasteiger partial charge is 0.261 e. The number of nitrogens with one attached hydrogen (secondary N) is 2. The van der Waals surface area contributed by atoms with Crippen molar-refractivity contribution >= 4 is 41.1 Å². The van der Waals surface area contributed by atoms with Crippen LogP contribution in [0, 0.1) is 0 Å². The molecule has 0 radical (unpaired) electrons. The van der Waals surface area contributed by atoms with E-state index >= 15 is 0 Å². The number of carbonyl (C=O) groups excluding carboxylic acids is 4. The number of anilines is 3. The molecule has 9 rings (SSSR count). The predicted octanol–water partition coefficient (Wildman–Crippen LogP) is 5.67. The number of ether oxygens (including phenoxy) is 3. The third-order valence-corrected chi connectivity index (χ3v) is 12.6. The van der Waals surface area contributed by atoms with Crippen molar-refractivity contribution in [2.24, 2.45) is 0 Å². The van der Waals surface area contributed by atoms with Crippen molar-refractivity contribution in [3.63, 3.8) is 0 Å². The molecule has 0 aliphatic carbocycles. The van der Waals surface area contributed by atoms with E-state index in [9.17, 15) is 19.2 Å². The van der Waals surface area contributed by atoms with Crippen LogP contribution in [0.2, 0.25) is 0 Å². The molecule has 0 atom stereocenters. The number of imide groups is 1. The van der Waals surface area contributed by atoms with Gasteiger partial charge in [-0.3, -0.25) is 43.8 Å². The minimum Gasteiger partial charge on any atom is -0.494 e. The maximum Gasteiger partial charge on any atom is 0.261 e. The molecule has 3 aliphatic heterocycles. The Hall–Kier alpha value is -7.48. The fraction of sp³-hybridized carbons (Fsp3) is 0.345. The molecular weight excluding hydrogens is 927 g/mol. The second-order valence-corrected chi connectivity index (χ2v) is 18.3. The van der Waals surface area contributed by atoms with Crippen LogP contribution in [0.15, 0.2) is 128 Å². The Balaban J connectivity index is 0.943. The number of hydrogen-bond acceptors (Lipinski definition) is 15. The van der Waals surface area contributed by atoms with E-state index in [-0.39, 0.29) is 36.7 Å². The van der Waals surface area contributed by atoms with Gasteiger partial charge < -0.3 is 29.7 Å². The van der Waals surface area contributed by atoms with Gasteiger partial charge in [0.25, 0.3) is 11.8 Å². The minimum atomic E-state index is -0.266. The summed E-state index contributed by atoms with van der Waals surface area (Å²) >= 11 is 0. The second-order valence-electron chi connectivity index (χ2n) is 18.3. The Kier molecular flexibility index (Phi) is 17.5. The van der Waals surface area contributed by atoms with Crippen LogP contribution in [0.3, 0.4) is 0 Å². The van der Waals surface area contributed by atoms with E-state index in [4.69, 9.17) is 29.2 Å². The predicted molar refractivity (Wildman–Crippen MR) is 275 cm³/mol. The van der Waals surface area contributed by atoms with Crippen molar-refractivity contribution in [3.8, 4) is 5.75 Å². The van der Waals surface area contributed by atoms with Crippen LogP contribution in [-0.4, -0.2) is 142 Å². The van der Waals surface area contributed by atoms with Crippen molar-refractivity contribution < 1.29 is 33.4 Å². The molecule has 2 N–H and O–H groups in total. The van der Waals surface area contributed by atoms with E-state index in [1.807, 2.05) is 72.8 Å². The second kappa shape index (κ2) is 25.3. The van der Waals surface area contributed by atoms with Crippen LogP contribution in [0.25, 0.3) is 0 Å². The van der Waals surface area contributed by atoms with Crippen molar-refractivity contribution in [2.75, 3.05) is 94.4 Å². The summed E-state index contributed by atoms with van der Waals surface area (Å²) in [5.41, 5.74) is 5.22. The summed E-state index contributed by atoms with van der Waals surface area (Å²) in [5.74, 6) is 1.58. The first-order valence-electron chi connectivity index (χ1n) is 24.9. The molecule has 73 heavy (non-hydrogen) atoms. The van der Waals surface area contributed by atoms with Gasteiger partial charge in [-0.05, 0) is 96.8 Å². The molecule has 7 heterocycles. The number of amides is 4. The average molecular weight is 988 g/mol. The van der Waals surface area contributed by atoms with Gasteiger partial charge in [-0.15, -0.1) is 0 Å². The van der Waals surface area contributed by atoms with Gasteiger partial charge in [0.05, 0.1) is 80.9 Å². The number of unbranched alkanes of at least 4 members (excludes halogenated alkanes) is 1. The van der Waals surface area contributed by atoms with Crippen LogP contribution in [-0.2, 0) is 51.8 Å². The zero-order chi connectivity index (χ0) is 50.2. The third-order valence-electron chi connectivity index (χ3n) is 12.6. The number of benzene rings is 2. The molecule has 0 bridgehead atoms. The molecule has 2 saturated heterocycles. The highest BCUT2D eigenvalue weighted by atomic mass is 16.5. The van der Waals surface area contributed by atoms with E-state index < -0.39 is 0 Å². The number of aromatic nitrogens is 4. The zero-order valence-electron chi connectivity index (χ0n) is 40.9. The lowest BCUT2D eigenvalue weighted by atomic mass is 10.1. The summed E-state index contributed by atoms with van der Waals surface area (Å²) < 4.78 is 17.4. The molecule has 2 fully saturated rings. The van der Waals surface area contributed by atoms with E-state index in [0.29, 0.717) is 140 Å². The monoisotopic (exact) mass is 987 g/mol. The first-order chi connectivity index (χ1) is 35.8. The van der Waals surface area contributed by atoms with Crippen LogP contribution in [0.5, 0.6) is 5.75 Å². The summed E-state index contributed by atoms with van der Waals surface area (Å²) in [6.07, 6.45) is 4.73.